The monoisotopic (exact) mass is 274 g/mol. The number of methoxy groups -OCH3 is 1. The Balaban J connectivity index is -0.0000000169. The summed E-state index contributed by atoms with van der Waals surface area (Å²) in [6, 6.07) is 0.468. The molecule has 0 unspecified atom stereocenters. The fourth-order valence-corrected chi connectivity index (χ4v) is 1.23. The predicted molar refractivity (Wildman–Crippen MR) is 64.7 cm³/mol. The maximum absolute atomic E-state index is 5.62. The summed E-state index contributed by atoms with van der Waals surface area (Å²) in [4.78, 5) is 0. The van der Waals surface area contributed by atoms with Gasteiger partial charge in [-0.25, -0.2) is 5.01 Å². The lowest BCUT2D eigenvalue weighted by Crippen LogP contribution is -2.38. The van der Waals surface area contributed by atoms with Crippen LogP contribution in [0.3, 0.4) is 0 Å². The Hall–Kier alpha value is -0.440. The molecule has 0 spiro atoms. The molecule has 1 atom stereocenters. The summed E-state index contributed by atoms with van der Waals surface area (Å²) < 4.78 is 4.97. The Kier molecular flexibility index (Phi) is 95.2. The maximum atomic E-state index is 5.62. The summed E-state index contributed by atoms with van der Waals surface area (Å²) in [5, 5.41) is 1.86. The van der Waals surface area contributed by atoms with Crippen LogP contribution in [0, 0.1) is 0 Å². The first-order valence-corrected chi connectivity index (χ1v) is 3.35. The highest BCUT2D eigenvalue weighted by atomic mass is 16.5. The molecule has 11 nitrogen and oxygen atoms in total. The molecule has 0 aromatic heterocycles. The zero-order chi connectivity index (χ0) is 6.69. The minimum Gasteiger partial charge on any atom is -0.412 e. The van der Waals surface area contributed by atoms with Crippen molar-refractivity contribution in [1.29, 1.82) is 0 Å². The van der Waals surface area contributed by atoms with Gasteiger partial charge in [-0.15, -0.1) is 0 Å². The number of rotatable bonds is 2. The van der Waals surface area contributed by atoms with Crippen LogP contribution >= 0.6 is 0 Å². The molecule has 118 valence electrons. The Morgan fingerprint density at radius 2 is 1.41 bits per heavy atom. The summed E-state index contributed by atoms with van der Waals surface area (Å²) in [6.45, 7) is 1.80. The molecule has 1 fully saturated rings. The average molecular weight is 274 g/mol. The second-order valence-corrected chi connectivity index (χ2v) is 2.49. The zero-order valence-electron chi connectivity index (χ0n) is 9.84. The van der Waals surface area contributed by atoms with Gasteiger partial charge in [0.2, 0.25) is 0 Å². The molecule has 0 aromatic rings. The number of nitrogens with two attached hydrogens (primary N) is 1. The van der Waals surface area contributed by atoms with E-state index in [1.807, 2.05) is 5.01 Å². The number of hydrazine groups is 1. The van der Waals surface area contributed by atoms with Crippen LogP contribution in [-0.2, 0) is 4.74 Å². The molecule has 0 radical (unpaired) electrons. The van der Waals surface area contributed by atoms with E-state index in [4.69, 9.17) is 10.6 Å². The van der Waals surface area contributed by atoms with Crippen molar-refractivity contribution < 1.29 is 48.5 Å². The van der Waals surface area contributed by atoms with Gasteiger partial charge in [-0.05, 0) is 12.8 Å². The van der Waals surface area contributed by atoms with Gasteiger partial charge in [0.1, 0.15) is 0 Å². The van der Waals surface area contributed by atoms with Gasteiger partial charge in [-0.3, -0.25) is 5.84 Å². The Morgan fingerprint density at radius 1 is 1.00 bits per heavy atom. The fraction of sp³-hybridized carbons (Fsp3) is 1.00. The first-order valence-electron chi connectivity index (χ1n) is 3.35. The highest BCUT2D eigenvalue weighted by Crippen LogP contribution is 2.12. The quantitative estimate of drug-likeness (QED) is 0.480. The van der Waals surface area contributed by atoms with E-state index in [1.165, 1.54) is 12.8 Å². The van der Waals surface area contributed by atoms with Gasteiger partial charge >= 0.3 is 0 Å². The topological polar surface area (TPSA) is 290 Å². The molecule has 0 aliphatic carbocycles. The van der Waals surface area contributed by atoms with Crippen LogP contribution in [0.2, 0.25) is 0 Å². The van der Waals surface area contributed by atoms with Crippen molar-refractivity contribution in [3.05, 3.63) is 0 Å². The number of ether oxygens (including phenoxy) is 1. The second kappa shape index (κ2) is 29.6. The van der Waals surface area contributed by atoms with Crippen LogP contribution in [0.5, 0.6) is 0 Å². The SMILES string of the molecule is COC[C@@H]1CCCN1N.O.O.O.O.O.O.O.O. The van der Waals surface area contributed by atoms with Crippen molar-refractivity contribution in [1.82, 2.24) is 5.01 Å². The van der Waals surface area contributed by atoms with E-state index in [9.17, 15) is 0 Å². The molecule has 1 aliphatic rings. The maximum Gasteiger partial charge on any atom is 0.0631 e. The summed E-state index contributed by atoms with van der Waals surface area (Å²) in [5.41, 5.74) is 0. The largest absolute Gasteiger partial charge is 0.412 e. The van der Waals surface area contributed by atoms with Crippen LogP contribution in [0.4, 0.5) is 0 Å². The van der Waals surface area contributed by atoms with Crippen molar-refractivity contribution in [3.8, 4) is 0 Å². The molecular formula is C6H30N2O9. The summed E-state index contributed by atoms with van der Waals surface area (Å²) in [6.07, 6.45) is 2.40. The third kappa shape index (κ3) is 18.1. The lowest BCUT2D eigenvalue weighted by Gasteiger charge is -2.16. The minimum absolute atomic E-state index is 0. The third-order valence-electron chi connectivity index (χ3n) is 1.78. The Labute approximate surface area is 99.6 Å². The predicted octanol–water partition coefficient (Wildman–Crippen LogP) is -6.63. The summed E-state index contributed by atoms with van der Waals surface area (Å²) >= 11 is 0. The highest BCUT2D eigenvalue weighted by Gasteiger charge is 2.20. The Bertz CT molecular complexity index is 99.6. The number of hydrogen-bond donors (Lipinski definition) is 1. The van der Waals surface area contributed by atoms with Gasteiger partial charge < -0.3 is 48.5 Å². The third-order valence-corrected chi connectivity index (χ3v) is 1.78. The molecule has 1 rings (SSSR count). The van der Waals surface area contributed by atoms with Gasteiger partial charge in [0.15, 0.2) is 0 Å². The lowest BCUT2D eigenvalue weighted by molar-refractivity contribution is 0.116. The zero-order valence-corrected chi connectivity index (χ0v) is 9.84. The van der Waals surface area contributed by atoms with Gasteiger partial charge in [0.05, 0.1) is 6.61 Å². The smallest absolute Gasteiger partial charge is 0.0631 e. The normalized spacial score (nSPS) is 15.5. The van der Waals surface area contributed by atoms with Crippen LogP contribution < -0.4 is 5.84 Å². The van der Waals surface area contributed by atoms with Crippen LogP contribution in [0.25, 0.3) is 0 Å². The molecule has 1 saturated heterocycles. The van der Waals surface area contributed by atoms with Gasteiger partial charge in [0, 0.05) is 19.7 Å². The van der Waals surface area contributed by atoms with Gasteiger partial charge in [0.25, 0.3) is 0 Å². The van der Waals surface area contributed by atoms with E-state index in [0.717, 1.165) is 13.2 Å². The summed E-state index contributed by atoms with van der Waals surface area (Å²) in [7, 11) is 1.71. The first kappa shape index (κ1) is 54.7. The van der Waals surface area contributed by atoms with E-state index >= 15 is 0 Å². The average Bonchev–Trinajstić information content (AvgIpc) is 2.18. The fourth-order valence-electron chi connectivity index (χ4n) is 1.23. The van der Waals surface area contributed by atoms with Gasteiger partial charge in [-0.1, -0.05) is 0 Å². The molecular weight excluding hydrogens is 244 g/mol. The molecule has 18 N–H and O–H groups in total. The first-order chi connectivity index (χ1) is 4.34. The summed E-state index contributed by atoms with van der Waals surface area (Å²) in [5.74, 6) is 5.62. The molecule has 17 heavy (non-hydrogen) atoms. The molecule has 0 bridgehead atoms. The number of nitrogens with zero attached hydrogens (tertiary/aromatic N) is 1. The molecule has 0 aromatic carbocycles. The minimum atomic E-state index is 0. The van der Waals surface area contributed by atoms with E-state index in [1.54, 1.807) is 7.11 Å². The van der Waals surface area contributed by atoms with Crippen LogP contribution in [-0.4, -0.2) is 75.1 Å². The van der Waals surface area contributed by atoms with E-state index in [-0.39, 0.29) is 43.8 Å². The Morgan fingerprint density at radius 3 is 1.65 bits per heavy atom. The number of hydrogen-bond acceptors (Lipinski definition) is 3. The highest BCUT2D eigenvalue weighted by molar-refractivity contribution is 4.73. The molecule has 11 heteroatoms. The van der Waals surface area contributed by atoms with Crippen molar-refractivity contribution in [2.45, 2.75) is 18.9 Å². The van der Waals surface area contributed by atoms with Crippen LogP contribution in [0.15, 0.2) is 0 Å². The van der Waals surface area contributed by atoms with Gasteiger partial charge in [-0.2, -0.15) is 0 Å². The van der Waals surface area contributed by atoms with Crippen molar-refractivity contribution in [2.75, 3.05) is 20.3 Å². The van der Waals surface area contributed by atoms with E-state index in [2.05, 4.69) is 0 Å². The molecule has 1 heterocycles. The molecule has 1 aliphatic heterocycles. The van der Waals surface area contributed by atoms with Crippen molar-refractivity contribution in [2.24, 2.45) is 5.84 Å². The standard InChI is InChI=1S/C6H14N2O.8H2O/c1-9-5-6-3-2-4-8(6)7;;;;;;;;/h6H,2-5,7H2,1H3;8*1H2/t6-;;;;;;;;/m0......../s1. The van der Waals surface area contributed by atoms with E-state index < -0.39 is 0 Å². The van der Waals surface area contributed by atoms with Crippen molar-refractivity contribution in [3.63, 3.8) is 0 Å². The second-order valence-electron chi connectivity index (χ2n) is 2.49. The van der Waals surface area contributed by atoms with Crippen molar-refractivity contribution >= 4 is 0 Å². The lowest BCUT2D eigenvalue weighted by atomic mass is 10.2. The molecule has 0 amide bonds. The van der Waals surface area contributed by atoms with E-state index in [0.29, 0.717) is 6.04 Å². The van der Waals surface area contributed by atoms with Crippen LogP contribution in [0.1, 0.15) is 12.8 Å². The molecule has 0 saturated carbocycles.